The first-order valence-electron chi connectivity index (χ1n) is 8.08. The number of aromatic amines is 1. The smallest absolute Gasteiger partial charge is 0.313 e. The lowest BCUT2D eigenvalue weighted by Crippen LogP contribution is -1.97. The summed E-state index contributed by atoms with van der Waals surface area (Å²) >= 11 is 1.34. The molecule has 0 amide bonds. The van der Waals surface area contributed by atoms with Gasteiger partial charge in [-0.3, -0.25) is 4.79 Å². The lowest BCUT2D eigenvalue weighted by Gasteiger charge is -2.06. The van der Waals surface area contributed by atoms with Crippen LogP contribution in [0.5, 0.6) is 0 Å². The van der Waals surface area contributed by atoms with E-state index in [9.17, 15) is 4.79 Å². The highest BCUT2D eigenvalue weighted by molar-refractivity contribution is 8.00. The number of nitrogens with one attached hydrogen (secondary N) is 1. The summed E-state index contributed by atoms with van der Waals surface area (Å²) in [6, 6.07) is 16.8. The number of fused-ring (bicyclic) bond motifs is 1. The minimum absolute atomic E-state index is 0.0834. The average Bonchev–Trinajstić information content (AvgIpc) is 2.95. The van der Waals surface area contributed by atoms with Crippen LogP contribution in [0.2, 0.25) is 0 Å². The maximum Gasteiger partial charge on any atom is 0.313 e. The molecule has 124 valence electrons. The van der Waals surface area contributed by atoms with Crippen molar-refractivity contribution in [2.24, 2.45) is 5.92 Å². The van der Waals surface area contributed by atoms with E-state index in [4.69, 9.17) is 5.11 Å². The molecule has 0 unspecified atom stereocenters. The van der Waals surface area contributed by atoms with Crippen LogP contribution in [0.1, 0.15) is 19.4 Å². The summed E-state index contributed by atoms with van der Waals surface area (Å²) in [5.74, 6) is -0.0753. The molecule has 0 radical (unpaired) electrons. The van der Waals surface area contributed by atoms with Crippen LogP contribution in [-0.4, -0.2) is 21.8 Å². The van der Waals surface area contributed by atoms with Crippen molar-refractivity contribution in [1.82, 2.24) is 4.98 Å². The molecule has 0 bridgehead atoms. The number of rotatable bonds is 6. The molecule has 0 saturated heterocycles. The van der Waals surface area contributed by atoms with Gasteiger partial charge in [0.1, 0.15) is 0 Å². The molecule has 0 spiro atoms. The number of carbonyl (C=O) groups is 1. The zero-order valence-electron chi connectivity index (χ0n) is 13.9. The van der Waals surface area contributed by atoms with E-state index in [0.717, 1.165) is 27.9 Å². The summed E-state index contributed by atoms with van der Waals surface area (Å²) in [5.41, 5.74) is 4.69. The topological polar surface area (TPSA) is 53.1 Å². The number of benzene rings is 2. The van der Waals surface area contributed by atoms with E-state index in [2.05, 4.69) is 49.2 Å². The Hall–Kier alpha value is -2.20. The molecule has 0 aliphatic rings. The fraction of sp³-hybridized carbons (Fsp3) is 0.250. The molecule has 1 heterocycles. The molecule has 3 aromatic rings. The quantitative estimate of drug-likeness (QED) is 0.606. The Labute approximate surface area is 146 Å². The molecule has 24 heavy (non-hydrogen) atoms. The van der Waals surface area contributed by atoms with Crippen LogP contribution in [-0.2, 0) is 11.2 Å². The van der Waals surface area contributed by atoms with Crippen LogP contribution in [0.25, 0.3) is 22.2 Å². The third-order valence-electron chi connectivity index (χ3n) is 3.84. The van der Waals surface area contributed by atoms with Crippen molar-refractivity contribution in [3.05, 3.63) is 54.1 Å². The monoisotopic (exact) mass is 339 g/mol. The van der Waals surface area contributed by atoms with Gasteiger partial charge in [-0.2, -0.15) is 0 Å². The van der Waals surface area contributed by atoms with Gasteiger partial charge in [0.2, 0.25) is 0 Å². The number of thioether (sulfide) groups is 1. The third kappa shape index (κ3) is 4.01. The highest BCUT2D eigenvalue weighted by Gasteiger charge is 2.07. The predicted octanol–water partition coefficient (Wildman–Crippen LogP) is 5.21. The van der Waals surface area contributed by atoms with Gasteiger partial charge >= 0.3 is 5.97 Å². The van der Waals surface area contributed by atoms with Gasteiger partial charge in [-0.05, 0) is 53.8 Å². The zero-order valence-corrected chi connectivity index (χ0v) is 14.7. The number of H-pyrrole nitrogens is 1. The van der Waals surface area contributed by atoms with Crippen molar-refractivity contribution >= 4 is 28.6 Å². The van der Waals surface area contributed by atoms with Gasteiger partial charge in [0.15, 0.2) is 0 Å². The number of hydrogen-bond donors (Lipinski definition) is 2. The molecule has 0 aliphatic heterocycles. The van der Waals surface area contributed by atoms with Crippen LogP contribution in [0.3, 0.4) is 0 Å². The van der Waals surface area contributed by atoms with E-state index in [0.29, 0.717) is 5.92 Å². The molecular formula is C20H21NO2S. The molecular weight excluding hydrogens is 318 g/mol. The van der Waals surface area contributed by atoms with Crippen LogP contribution in [0, 0.1) is 5.92 Å². The van der Waals surface area contributed by atoms with Crippen LogP contribution in [0.15, 0.2) is 53.4 Å². The normalized spacial score (nSPS) is 11.3. The van der Waals surface area contributed by atoms with Gasteiger partial charge in [-0.25, -0.2) is 0 Å². The van der Waals surface area contributed by atoms with E-state index in [1.807, 2.05) is 18.2 Å². The van der Waals surface area contributed by atoms with Crippen molar-refractivity contribution in [2.45, 2.75) is 25.2 Å². The number of hydrogen-bond acceptors (Lipinski definition) is 2. The molecule has 3 nitrogen and oxygen atoms in total. The molecule has 0 fully saturated rings. The van der Waals surface area contributed by atoms with Gasteiger partial charge in [0, 0.05) is 21.5 Å². The summed E-state index contributed by atoms with van der Waals surface area (Å²) in [6.45, 7) is 4.46. The maximum absolute atomic E-state index is 10.7. The first-order valence-corrected chi connectivity index (χ1v) is 9.06. The van der Waals surface area contributed by atoms with E-state index in [1.165, 1.54) is 22.9 Å². The Bertz CT molecular complexity index is 867. The number of carboxylic acid groups (broad SMARTS) is 1. The summed E-state index contributed by atoms with van der Waals surface area (Å²) in [7, 11) is 0. The zero-order chi connectivity index (χ0) is 17.1. The van der Waals surface area contributed by atoms with Crippen molar-refractivity contribution in [1.29, 1.82) is 0 Å². The standard InChI is InChI=1S/C20H21NO2S/c1-13(2)8-14-4-3-5-15(9-14)19-11-16-10-17(24-12-20(22)23)6-7-18(16)21-19/h3-7,9-11,13,21H,8,12H2,1-2H3,(H,22,23). The second-order valence-electron chi connectivity index (χ2n) is 6.41. The number of aromatic nitrogens is 1. The van der Waals surface area contributed by atoms with Gasteiger partial charge in [-0.15, -0.1) is 11.8 Å². The SMILES string of the molecule is CC(C)Cc1cccc(-c2cc3cc(SCC(=O)O)ccc3[nH]2)c1. The molecule has 0 atom stereocenters. The Morgan fingerprint density at radius 1 is 1.17 bits per heavy atom. The summed E-state index contributed by atoms with van der Waals surface area (Å²) in [6.07, 6.45) is 1.07. The highest BCUT2D eigenvalue weighted by atomic mass is 32.2. The van der Waals surface area contributed by atoms with Crippen LogP contribution < -0.4 is 0 Å². The van der Waals surface area contributed by atoms with Gasteiger partial charge in [-0.1, -0.05) is 32.0 Å². The summed E-state index contributed by atoms with van der Waals surface area (Å²) < 4.78 is 0. The van der Waals surface area contributed by atoms with Crippen molar-refractivity contribution in [3.63, 3.8) is 0 Å². The summed E-state index contributed by atoms with van der Waals surface area (Å²) in [5, 5.41) is 9.91. The fourth-order valence-electron chi connectivity index (χ4n) is 2.84. The molecule has 2 N–H and O–H groups in total. The van der Waals surface area contributed by atoms with Gasteiger partial charge < -0.3 is 10.1 Å². The largest absolute Gasteiger partial charge is 0.481 e. The molecule has 0 aliphatic carbocycles. The molecule has 0 saturated carbocycles. The lowest BCUT2D eigenvalue weighted by atomic mass is 10.00. The minimum Gasteiger partial charge on any atom is -0.481 e. The highest BCUT2D eigenvalue weighted by Crippen LogP contribution is 2.28. The predicted molar refractivity (Wildman–Crippen MR) is 101 cm³/mol. The van der Waals surface area contributed by atoms with E-state index in [1.54, 1.807) is 0 Å². The Morgan fingerprint density at radius 3 is 2.75 bits per heavy atom. The second-order valence-corrected chi connectivity index (χ2v) is 7.46. The molecule has 2 aromatic carbocycles. The lowest BCUT2D eigenvalue weighted by molar-refractivity contribution is -0.133. The molecule has 1 aromatic heterocycles. The molecule has 4 heteroatoms. The fourth-order valence-corrected chi connectivity index (χ4v) is 3.50. The minimum atomic E-state index is -0.795. The first kappa shape index (κ1) is 16.7. The Balaban J connectivity index is 1.89. The van der Waals surface area contributed by atoms with Crippen LogP contribution in [0.4, 0.5) is 0 Å². The van der Waals surface area contributed by atoms with E-state index >= 15 is 0 Å². The third-order valence-corrected chi connectivity index (χ3v) is 4.82. The number of aliphatic carboxylic acids is 1. The Morgan fingerprint density at radius 2 is 2.00 bits per heavy atom. The first-order chi connectivity index (χ1) is 11.5. The maximum atomic E-state index is 10.7. The second kappa shape index (κ2) is 7.14. The average molecular weight is 339 g/mol. The van der Waals surface area contributed by atoms with E-state index in [-0.39, 0.29) is 5.75 Å². The van der Waals surface area contributed by atoms with Gasteiger partial charge in [0.25, 0.3) is 0 Å². The Kier molecular flexibility index (Phi) is 4.95. The van der Waals surface area contributed by atoms with Crippen molar-refractivity contribution < 1.29 is 9.90 Å². The summed E-state index contributed by atoms with van der Waals surface area (Å²) in [4.78, 5) is 15.1. The van der Waals surface area contributed by atoms with Crippen LogP contribution >= 0.6 is 11.8 Å². The van der Waals surface area contributed by atoms with Crippen molar-refractivity contribution in [3.8, 4) is 11.3 Å². The van der Waals surface area contributed by atoms with Crippen molar-refractivity contribution in [2.75, 3.05) is 5.75 Å². The van der Waals surface area contributed by atoms with Gasteiger partial charge in [0.05, 0.1) is 5.75 Å². The number of carboxylic acids is 1. The van der Waals surface area contributed by atoms with E-state index < -0.39 is 5.97 Å². The molecule has 3 rings (SSSR count).